The van der Waals surface area contributed by atoms with E-state index in [0.717, 1.165) is 36.4 Å². The second kappa shape index (κ2) is 6.71. The molecule has 1 atom stereocenters. The summed E-state index contributed by atoms with van der Waals surface area (Å²) in [6, 6.07) is 5.92. The van der Waals surface area contributed by atoms with Gasteiger partial charge in [-0.25, -0.2) is 0 Å². The topological polar surface area (TPSA) is 106 Å². The highest BCUT2D eigenvalue weighted by Gasteiger charge is 2.30. The minimum atomic E-state index is -4.48. The summed E-state index contributed by atoms with van der Waals surface area (Å²) in [6.45, 7) is -0.307. The molecule has 2 rings (SSSR count). The van der Waals surface area contributed by atoms with Gasteiger partial charge < -0.3 is 14.8 Å². The molecule has 128 valence electrons. The minimum absolute atomic E-state index is 0.175. The summed E-state index contributed by atoms with van der Waals surface area (Å²) < 4.78 is 42.0. The van der Waals surface area contributed by atoms with Gasteiger partial charge in [-0.3, -0.25) is 14.9 Å². The van der Waals surface area contributed by atoms with Gasteiger partial charge in [-0.15, -0.1) is 0 Å². The van der Waals surface area contributed by atoms with Crippen LogP contribution in [0.3, 0.4) is 0 Å². The molecule has 1 aromatic carbocycles. The summed E-state index contributed by atoms with van der Waals surface area (Å²) in [6.07, 6.45) is -5.73. The van der Waals surface area contributed by atoms with E-state index in [1.807, 2.05) is 0 Å². The number of furan rings is 1. The molecule has 7 nitrogen and oxygen atoms in total. The van der Waals surface area contributed by atoms with Crippen molar-refractivity contribution >= 4 is 11.8 Å². The van der Waals surface area contributed by atoms with Crippen molar-refractivity contribution in [3.63, 3.8) is 0 Å². The maximum atomic E-state index is 12.4. The first-order valence-corrected chi connectivity index (χ1v) is 6.56. The predicted molar refractivity (Wildman–Crippen MR) is 74.1 cm³/mol. The maximum Gasteiger partial charge on any atom is 0.433 e. The molecule has 0 aliphatic carbocycles. The first-order valence-electron chi connectivity index (χ1n) is 6.56. The SMILES string of the molecule is O=C(NCC(O)c1ccc(C(F)(F)F)cc1)c1ccc([N+](=O)[O-])o1. The molecule has 0 saturated heterocycles. The van der Waals surface area contributed by atoms with Crippen LogP contribution < -0.4 is 5.32 Å². The maximum absolute atomic E-state index is 12.4. The number of hydrogen-bond acceptors (Lipinski definition) is 5. The highest BCUT2D eigenvalue weighted by Crippen LogP contribution is 2.29. The van der Waals surface area contributed by atoms with Crippen molar-refractivity contribution in [3.05, 3.63) is 63.4 Å². The van der Waals surface area contributed by atoms with Crippen molar-refractivity contribution in [2.24, 2.45) is 0 Å². The molecule has 1 amide bonds. The summed E-state index contributed by atoms with van der Waals surface area (Å²) >= 11 is 0. The fraction of sp³-hybridized carbons (Fsp3) is 0.214. The second-order valence-electron chi connectivity index (χ2n) is 4.74. The Morgan fingerprint density at radius 1 is 1.25 bits per heavy atom. The Balaban J connectivity index is 1.95. The fourth-order valence-electron chi connectivity index (χ4n) is 1.84. The number of carbonyl (C=O) groups excluding carboxylic acids is 1. The quantitative estimate of drug-likeness (QED) is 0.641. The van der Waals surface area contributed by atoms with Gasteiger partial charge in [0.15, 0.2) is 5.76 Å². The van der Waals surface area contributed by atoms with Gasteiger partial charge >= 0.3 is 12.1 Å². The number of aliphatic hydroxyl groups is 1. The minimum Gasteiger partial charge on any atom is -0.395 e. The number of halogens is 3. The summed E-state index contributed by atoms with van der Waals surface area (Å²) in [7, 11) is 0. The second-order valence-corrected chi connectivity index (χ2v) is 4.74. The van der Waals surface area contributed by atoms with Crippen LogP contribution in [0.2, 0.25) is 0 Å². The van der Waals surface area contributed by atoms with Gasteiger partial charge in [0.2, 0.25) is 0 Å². The van der Waals surface area contributed by atoms with E-state index in [2.05, 4.69) is 9.73 Å². The lowest BCUT2D eigenvalue weighted by Gasteiger charge is -2.13. The van der Waals surface area contributed by atoms with Gasteiger partial charge in [0, 0.05) is 6.54 Å². The van der Waals surface area contributed by atoms with Gasteiger partial charge in [0.1, 0.15) is 4.92 Å². The standard InChI is InChI=1S/C14H11F3N2O5/c15-14(16,17)9-3-1-8(2-4-9)10(20)7-18-13(21)11-5-6-12(24-11)19(22)23/h1-6,10,20H,7H2,(H,18,21). The third-order valence-electron chi connectivity index (χ3n) is 3.07. The summed E-state index contributed by atoms with van der Waals surface area (Å²) in [5, 5.41) is 22.6. The number of alkyl halides is 3. The van der Waals surface area contributed by atoms with Crippen LogP contribution in [0.5, 0.6) is 0 Å². The average molecular weight is 344 g/mol. The molecular weight excluding hydrogens is 333 g/mol. The van der Waals surface area contributed by atoms with Gasteiger partial charge in [-0.2, -0.15) is 13.2 Å². The number of carbonyl (C=O) groups is 1. The molecule has 1 heterocycles. The number of amides is 1. The number of nitrogens with one attached hydrogen (secondary N) is 1. The Kier molecular flexibility index (Phi) is 4.88. The summed E-state index contributed by atoms with van der Waals surface area (Å²) in [4.78, 5) is 21.3. The molecule has 24 heavy (non-hydrogen) atoms. The monoisotopic (exact) mass is 344 g/mol. The van der Waals surface area contributed by atoms with Crippen molar-refractivity contribution in [3.8, 4) is 0 Å². The van der Waals surface area contributed by atoms with Crippen LogP contribution in [0, 0.1) is 10.1 Å². The zero-order chi connectivity index (χ0) is 17.9. The molecule has 0 radical (unpaired) electrons. The molecular formula is C14H11F3N2O5. The molecule has 0 spiro atoms. The zero-order valence-electron chi connectivity index (χ0n) is 11.9. The predicted octanol–water partition coefficient (Wildman–Crippen LogP) is 2.67. The van der Waals surface area contributed by atoms with Crippen LogP contribution in [-0.2, 0) is 6.18 Å². The Hall–Kier alpha value is -2.88. The lowest BCUT2D eigenvalue weighted by molar-refractivity contribution is -0.402. The van der Waals surface area contributed by atoms with Crippen molar-refractivity contribution in [1.82, 2.24) is 5.32 Å². The van der Waals surface area contributed by atoms with Gasteiger partial charge in [-0.1, -0.05) is 12.1 Å². The number of nitrogens with zero attached hydrogens (tertiary/aromatic N) is 1. The highest BCUT2D eigenvalue weighted by molar-refractivity contribution is 5.91. The van der Waals surface area contributed by atoms with E-state index >= 15 is 0 Å². The number of benzene rings is 1. The van der Waals surface area contributed by atoms with Gasteiger partial charge in [0.25, 0.3) is 5.91 Å². The Labute approximate surface area is 132 Å². The van der Waals surface area contributed by atoms with E-state index in [-0.39, 0.29) is 17.9 Å². The van der Waals surface area contributed by atoms with Gasteiger partial charge in [0.05, 0.1) is 17.7 Å². The summed E-state index contributed by atoms with van der Waals surface area (Å²) in [5.41, 5.74) is -0.681. The van der Waals surface area contributed by atoms with Gasteiger partial charge in [-0.05, 0) is 23.8 Å². The van der Waals surface area contributed by atoms with E-state index in [1.54, 1.807) is 0 Å². The third-order valence-corrected chi connectivity index (χ3v) is 3.07. The number of hydrogen-bond donors (Lipinski definition) is 2. The van der Waals surface area contributed by atoms with Crippen LogP contribution >= 0.6 is 0 Å². The average Bonchev–Trinajstić information content (AvgIpc) is 3.02. The van der Waals surface area contributed by atoms with E-state index < -0.39 is 34.6 Å². The van der Waals surface area contributed by atoms with Crippen molar-refractivity contribution in [2.45, 2.75) is 12.3 Å². The fourth-order valence-corrected chi connectivity index (χ4v) is 1.84. The normalized spacial score (nSPS) is 12.7. The number of rotatable bonds is 5. The first-order chi connectivity index (χ1) is 11.2. The number of nitro groups is 1. The largest absolute Gasteiger partial charge is 0.433 e. The molecule has 10 heteroatoms. The molecule has 0 saturated carbocycles. The number of aliphatic hydroxyl groups excluding tert-OH is 1. The van der Waals surface area contributed by atoms with Crippen LogP contribution in [0.4, 0.5) is 19.1 Å². The Morgan fingerprint density at radius 3 is 2.38 bits per heavy atom. The molecule has 0 bridgehead atoms. The van der Waals surface area contributed by atoms with Crippen molar-refractivity contribution < 1.29 is 32.4 Å². The van der Waals surface area contributed by atoms with Crippen LogP contribution in [-0.4, -0.2) is 22.5 Å². The van der Waals surface area contributed by atoms with E-state index in [1.165, 1.54) is 0 Å². The lowest BCUT2D eigenvalue weighted by atomic mass is 10.1. The van der Waals surface area contributed by atoms with Crippen LogP contribution in [0.25, 0.3) is 0 Å². The molecule has 2 aromatic rings. The Bertz CT molecular complexity index is 740. The third kappa shape index (κ3) is 4.10. The van der Waals surface area contributed by atoms with E-state index in [4.69, 9.17) is 0 Å². The molecule has 0 aliphatic rings. The zero-order valence-corrected chi connectivity index (χ0v) is 11.9. The highest BCUT2D eigenvalue weighted by atomic mass is 19.4. The molecule has 1 unspecified atom stereocenters. The van der Waals surface area contributed by atoms with Crippen molar-refractivity contribution in [1.29, 1.82) is 0 Å². The summed E-state index contributed by atoms with van der Waals surface area (Å²) in [5.74, 6) is -1.72. The molecule has 0 fully saturated rings. The van der Waals surface area contributed by atoms with Crippen molar-refractivity contribution in [2.75, 3.05) is 6.54 Å². The Morgan fingerprint density at radius 2 is 1.88 bits per heavy atom. The van der Waals surface area contributed by atoms with E-state index in [0.29, 0.717) is 0 Å². The smallest absolute Gasteiger partial charge is 0.395 e. The first kappa shape index (κ1) is 17.5. The molecule has 1 aromatic heterocycles. The lowest BCUT2D eigenvalue weighted by Crippen LogP contribution is -2.28. The molecule has 0 aliphatic heterocycles. The van der Waals surface area contributed by atoms with Crippen LogP contribution in [0.15, 0.2) is 40.8 Å². The van der Waals surface area contributed by atoms with E-state index in [9.17, 15) is 33.2 Å². The molecule has 2 N–H and O–H groups in total. The van der Waals surface area contributed by atoms with Crippen LogP contribution in [0.1, 0.15) is 27.8 Å².